The Morgan fingerprint density at radius 3 is 2.58 bits per heavy atom. The van der Waals surface area contributed by atoms with Crippen LogP contribution in [-0.4, -0.2) is 29.1 Å². The van der Waals surface area contributed by atoms with E-state index in [0.717, 1.165) is 28.5 Å². The summed E-state index contributed by atoms with van der Waals surface area (Å²) in [5.41, 5.74) is 3.20. The molecule has 0 bridgehead atoms. The zero-order valence-electron chi connectivity index (χ0n) is 17.0. The van der Waals surface area contributed by atoms with E-state index in [-0.39, 0.29) is 17.7 Å². The van der Waals surface area contributed by atoms with E-state index in [9.17, 15) is 14.4 Å². The summed E-state index contributed by atoms with van der Waals surface area (Å²) in [6, 6.07) is 18.0. The molecule has 0 saturated carbocycles. The average molecular weight is 433 g/mol. The Balaban J connectivity index is 1.50. The van der Waals surface area contributed by atoms with E-state index in [1.54, 1.807) is 42.5 Å². The number of benzene rings is 2. The summed E-state index contributed by atoms with van der Waals surface area (Å²) in [4.78, 5) is 38.2. The molecular weight excluding hydrogens is 414 g/mol. The second kappa shape index (κ2) is 8.65. The first-order chi connectivity index (χ1) is 14.9. The quantitative estimate of drug-likeness (QED) is 0.403. The van der Waals surface area contributed by atoms with Crippen molar-refractivity contribution in [1.29, 1.82) is 0 Å². The number of thioether (sulfide) groups is 1. The van der Waals surface area contributed by atoms with Crippen LogP contribution >= 0.6 is 11.8 Å². The van der Waals surface area contributed by atoms with Gasteiger partial charge in [0.05, 0.1) is 24.1 Å². The molecule has 2 aromatic carbocycles. The Kier molecular flexibility index (Phi) is 5.77. The summed E-state index contributed by atoms with van der Waals surface area (Å²) in [6.45, 7) is 2.20. The van der Waals surface area contributed by atoms with Gasteiger partial charge in [-0.15, -0.1) is 0 Å². The largest absolute Gasteiger partial charge is 0.465 e. The standard InChI is InChI=1S/C24H19NO5S/c1-15-4-3-5-16(12-15)14-25-22(26)21(31-24(25)28)13-19-10-11-20(30-19)17-6-8-18(9-7-17)23(27)29-2/h3-13H,14H2,1-2H3/b21-13-. The molecular formula is C24H19NO5S. The van der Waals surface area contributed by atoms with Crippen molar-refractivity contribution < 1.29 is 23.5 Å². The number of methoxy groups -OCH3 is 1. The van der Waals surface area contributed by atoms with Crippen LogP contribution in [0.15, 0.2) is 70.0 Å². The van der Waals surface area contributed by atoms with Gasteiger partial charge < -0.3 is 9.15 Å². The third kappa shape index (κ3) is 4.46. The smallest absolute Gasteiger partial charge is 0.337 e. The Hall–Kier alpha value is -3.58. The zero-order valence-corrected chi connectivity index (χ0v) is 17.8. The predicted octanol–water partition coefficient (Wildman–Crippen LogP) is 5.28. The summed E-state index contributed by atoms with van der Waals surface area (Å²) in [6.07, 6.45) is 1.58. The molecule has 2 amide bonds. The molecule has 0 N–H and O–H groups in total. The van der Waals surface area contributed by atoms with Gasteiger partial charge in [0.2, 0.25) is 0 Å². The molecule has 7 heteroatoms. The number of carbonyl (C=O) groups excluding carboxylic acids is 3. The molecule has 0 unspecified atom stereocenters. The van der Waals surface area contributed by atoms with E-state index < -0.39 is 5.97 Å². The molecule has 2 heterocycles. The molecule has 6 nitrogen and oxygen atoms in total. The Morgan fingerprint density at radius 1 is 1.10 bits per heavy atom. The van der Waals surface area contributed by atoms with E-state index in [2.05, 4.69) is 0 Å². The lowest BCUT2D eigenvalue weighted by Crippen LogP contribution is -2.27. The lowest BCUT2D eigenvalue weighted by molar-refractivity contribution is -0.123. The second-order valence-electron chi connectivity index (χ2n) is 7.03. The number of furan rings is 1. The van der Waals surface area contributed by atoms with E-state index in [4.69, 9.17) is 9.15 Å². The maximum Gasteiger partial charge on any atom is 0.337 e. The van der Waals surface area contributed by atoms with Crippen LogP contribution in [0.2, 0.25) is 0 Å². The van der Waals surface area contributed by atoms with Gasteiger partial charge in [-0.25, -0.2) is 4.79 Å². The molecule has 1 aromatic heterocycles. The lowest BCUT2D eigenvalue weighted by atomic mass is 10.1. The number of ether oxygens (including phenoxy) is 1. The third-order valence-corrected chi connectivity index (χ3v) is 5.69. The minimum absolute atomic E-state index is 0.236. The van der Waals surface area contributed by atoms with Gasteiger partial charge in [-0.1, -0.05) is 42.0 Å². The minimum atomic E-state index is -0.409. The van der Waals surface area contributed by atoms with Crippen LogP contribution in [-0.2, 0) is 16.1 Å². The van der Waals surface area contributed by atoms with E-state index in [0.29, 0.717) is 22.0 Å². The number of nitrogens with zero attached hydrogens (tertiary/aromatic N) is 1. The van der Waals surface area contributed by atoms with Gasteiger partial charge in [0.25, 0.3) is 11.1 Å². The van der Waals surface area contributed by atoms with Gasteiger partial charge in [0, 0.05) is 11.6 Å². The van der Waals surface area contributed by atoms with Gasteiger partial charge in [-0.2, -0.15) is 0 Å². The first kappa shape index (κ1) is 20.7. The topological polar surface area (TPSA) is 76.8 Å². The monoisotopic (exact) mass is 433 g/mol. The van der Waals surface area contributed by atoms with E-state index >= 15 is 0 Å². The molecule has 0 radical (unpaired) electrons. The number of hydrogen-bond acceptors (Lipinski definition) is 6. The molecule has 3 aromatic rings. The van der Waals surface area contributed by atoms with E-state index in [1.165, 1.54) is 12.0 Å². The highest BCUT2D eigenvalue weighted by Crippen LogP contribution is 2.34. The predicted molar refractivity (Wildman–Crippen MR) is 118 cm³/mol. The number of aryl methyl sites for hydroxylation is 1. The molecule has 1 saturated heterocycles. The van der Waals surface area contributed by atoms with Gasteiger partial charge >= 0.3 is 5.97 Å². The highest BCUT2D eigenvalue weighted by Gasteiger charge is 2.35. The molecule has 1 aliphatic heterocycles. The van der Waals surface area contributed by atoms with Crippen molar-refractivity contribution >= 4 is 35.0 Å². The fourth-order valence-electron chi connectivity index (χ4n) is 3.23. The first-order valence-corrected chi connectivity index (χ1v) is 10.4. The van der Waals surface area contributed by atoms with Crippen LogP contribution in [0.1, 0.15) is 27.2 Å². The van der Waals surface area contributed by atoms with Crippen LogP contribution in [0.3, 0.4) is 0 Å². The molecule has 0 atom stereocenters. The first-order valence-electron chi connectivity index (χ1n) is 9.54. The molecule has 1 fully saturated rings. The fourth-order valence-corrected chi connectivity index (χ4v) is 4.05. The van der Waals surface area contributed by atoms with Crippen LogP contribution in [0.5, 0.6) is 0 Å². The number of esters is 1. The maximum absolute atomic E-state index is 12.7. The van der Waals surface area contributed by atoms with E-state index in [1.807, 2.05) is 31.2 Å². The van der Waals surface area contributed by atoms with Gasteiger partial charge in [-0.3, -0.25) is 14.5 Å². The van der Waals surface area contributed by atoms with Crippen LogP contribution in [0.25, 0.3) is 17.4 Å². The summed E-state index contributed by atoms with van der Waals surface area (Å²) in [5.74, 6) is 0.305. The van der Waals surface area contributed by atoms with Crippen molar-refractivity contribution in [3.63, 3.8) is 0 Å². The van der Waals surface area contributed by atoms with Crippen molar-refractivity contribution in [1.82, 2.24) is 4.90 Å². The van der Waals surface area contributed by atoms with Gasteiger partial charge in [0.1, 0.15) is 11.5 Å². The number of carbonyl (C=O) groups is 3. The highest BCUT2D eigenvalue weighted by atomic mass is 32.2. The van der Waals surface area contributed by atoms with Crippen molar-refractivity contribution in [2.75, 3.05) is 7.11 Å². The SMILES string of the molecule is COC(=O)c1ccc(-c2ccc(/C=C3\SC(=O)N(Cc4cccc(C)c4)C3=O)o2)cc1. The zero-order chi connectivity index (χ0) is 22.0. The van der Waals surface area contributed by atoms with Crippen LogP contribution in [0.4, 0.5) is 4.79 Å². The average Bonchev–Trinajstić information content (AvgIpc) is 3.34. The van der Waals surface area contributed by atoms with Crippen LogP contribution in [0, 0.1) is 6.92 Å². The third-order valence-electron chi connectivity index (χ3n) is 4.79. The summed E-state index contributed by atoms with van der Waals surface area (Å²) in [5, 5.41) is -0.303. The number of rotatable bonds is 5. The molecule has 1 aliphatic rings. The molecule has 4 rings (SSSR count). The molecule has 31 heavy (non-hydrogen) atoms. The summed E-state index contributed by atoms with van der Waals surface area (Å²) in [7, 11) is 1.33. The van der Waals surface area contributed by atoms with Crippen molar-refractivity contribution in [3.05, 3.63) is 88.0 Å². The normalized spacial score (nSPS) is 15.0. The highest BCUT2D eigenvalue weighted by molar-refractivity contribution is 8.18. The lowest BCUT2D eigenvalue weighted by Gasteiger charge is -2.12. The second-order valence-corrected chi connectivity index (χ2v) is 8.02. The van der Waals surface area contributed by atoms with Crippen LogP contribution < -0.4 is 0 Å². The fraction of sp³-hybridized carbons (Fsp3) is 0.125. The minimum Gasteiger partial charge on any atom is -0.465 e. The Morgan fingerprint density at radius 2 is 1.87 bits per heavy atom. The Labute approximate surface area is 183 Å². The van der Waals surface area contributed by atoms with Crippen molar-refractivity contribution in [3.8, 4) is 11.3 Å². The number of amides is 2. The van der Waals surface area contributed by atoms with Crippen molar-refractivity contribution in [2.24, 2.45) is 0 Å². The molecule has 156 valence electrons. The Bertz CT molecular complexity index is 1190. The summed E-state index contributed by atoms with van der Waals surface area (Å²) >= 11 is 0.900. The molecule has 0 spiro atoms. The summed E-state index contributed by atoms with van der Waals surface area (Å²) < 4.78 is 10.5. The molecule has 0 aliphatic carbocycles. The maximum atomic E-state index is 12.7. The number of hydrogen-bond donors (Lipinski definition) is 0. The van der Waals surface area contributed by atoms with Gasteiger partial charge in [0.15, 0.2) is 0 Å². The van der Waals surface area contributed by atoms with Crippen molar-refractivity contribution in [2.45, 2.75) is 13.5 Å². The van der Waals surface area contributed by atoms with Gasteiger partial charge in [-0.05, 0) is 48.5 Å². The number of imide groups is 1.